The molecule has 0 saturated carbocycles. The van der Waals surface area contributed by atoms with E-state index < -0.39 is 0 Å². The number of unbranched alkanes of at least 4 members (excludes halogenated alkanes) is 18. The van der Waals surface area contributed by atoms with Crippen LogP contribution in [0.4, 0.5) is 0 Å². The lowest BCUT2D eigenvalue weighted by molar-refractivity contribution is -0.118. The molecule has 0 aliphatic carbocycles. The lowest BCUT2D eigenvalue weighted by Gasteiger charge is -2.03. The van der Waals surface area contributed by atoms with Crippen LogP contribution in [0.3, 0.4) is 0 Å². The molecule has 0 aromatic carbocycles. The number of hydrogen-bond acceptors (Lipinski definition) is 1. The maximum Gasteiger partial charge on any atom is 0.217 e. The Labute approximate surface area is 164 Å². The topological polar surface area (TPSA) is 43.1 Å². The molecule has 0 spiro atoms. The van der Waals surface area contributed by atoms with E-state index in [1.807, 2.05) is 0 Å². The summed E-state index contributed by atoms with van der Waals surface area (Å²) >= 11 is 0. The molecule has 0 atom stereocenters. The minimum absolute atomic E-state index is 0. The second kappa shape index (κ2) is 23.8. The van der Waals surface area contributed by atoms with Gasteiger partial charge in [-0.1, -0.05) is 122 Å². The van der Waals surface area contributed by atoms with Crippen molar-refractivity contribution in [2.75, 3.05) is 0 Å². The minimum Gasteiger partial charge on any atom is -0.370 e. The second-order valence-electron chi connectivity index (χ2n) is 7.58. The first-order chi connectivity index (χ1) is 11.8. The number of carbonyl (C=O) groups is 1. The Bertz CT molecular complexity index is 258. The molecule has 152 valence electrons. The molecule has 2 nitrogen and oxygen atoms in total. The van der Waals surface area contributed by atoms with Crippen LogP contribution in [0.25, 0.3) is 0 Å². The van der Waals surface area contributed by atoms with E-state index >= 15 is 0 Å². The standard InChI is InChI=1S/C22H45NO.ClH/c1-2-3-4-5-6-7-8-9-10-11-12-13-14-15-16-17-18-19-20-21-22(23)24;/h2-21H2,1H3,(H2,23,24);1H. The molecule has 2 N–H and O–H groups in total. The fourth-order valence-corrected chi connectivity index (χ4v) is 3.38. The zero-order valence-corrected chi connectivity index (χ0v) is 17.9. The van der Waals surface area contributed by atoms with E-state index in [-0.39, 0.29) is 18.3 Å². The molecule has 0 radical (unpaired) electrons. The average Bonchev–Trinajstić information content (AvgIpc) is 2.56. The predicted molar refractivity (Wildman–Crippen MR) is 114 cm³/mol. The molecule has 1 amide bonds. The van der Waals surface area contributed by atoms with Gasteiger partial charge in [0.15, 0.2) is 0 Å². The highest BCUT2D eigenvalue weighted by Gasteiger charge is 1.96. The molecular weight excluding hydrogens is 330 g/mol. The summed E-state index contributed by atoms with van der Waals surface area (Å²) in [7, 11) is 0. The van der Waals surface area contributed by atoms with Crippen LogP contribution in [0.1, 0.15) is 135 Å². The quantitative estimate of drug-likeness (QED) is 0.217. The van der Waals surface area contributed by atoms with Crippen molar-refractivity contribution >= 4 is 18.3 Å². The number of rotatable bonds is 20. The van der Waals surface area contributed by atoms with Crippen LogP contribution in [0.5, 0.6) is 0 Å². The molecule has 0 aliphatic rings. The molecule has 25 heavy (non-hydrogen) atoms. The summed E-state index contributed by atoms with van der Waals surface area (Å²) in [5.74, 6) is -0.151. The third-order valence-corrected chi connectivity index (χ3v) is 5.03. The van der Waals surface area contributed by atoms with Gasteiger partial charge in [0.25, 0.3) is 0 Å². The fourth-order valence-electron chi connectivity index (χ4n) is 3.38. The minimum atomic E-state index is -0.151. The van der Waals surface area contributed by atoms with E-state index in [1.54, 1.807) is 0 Å². The van der Waals surface area contributed by atoms with Gasteiger partial charge in [-0.15, -0.1) is 12.4 Å². The molecule has 3 heteroatoms. The first-order valence-electron chi connectivity index (χ1n) is 11.1. The van der Waals surface area contributed by atoms with Crippen molar-refractivity contribution in [3.8, 4) is 0 Å². The highest BCUT2D eigenvalue weighted by Crippen LogP contribution is 2.14. The molecule has 0 aromatic heterocycles. The van der Waals surface area contributed by atoms with Gasteiger partial charge in [-0.3, -0.25) is 4.79 Å². The monoisotopic (exact) mass is 375 g/mol. The SMILES string of the molecule is CCCCCCCCCCCCCCCCCCCCCC(N)=O.Cl. The average molecular weight is 376 g/mol. The number of amides is 1. The van der Waals surface area contributed by atoms with Crippen molar-refractivity contribution in [2.24, 2.45) is 5.73 Å². The van der Waals surface area contributed by atoms with E-state index in [1.165, 1.54) is 116 Å². The molecule has 0 unspecified atom stereocenters. The number of nitrogens with two attached hydrogens (primary N) is 1. The van der Waals surface area contributed by atoms with Crippen molar-refractivity contribution in [2.45, 2.75) is 135 Å². The van der Waals surface area contributed by atoms with Crippen molar-refractivity contribution in [3.05, 3.63) is 0 Å². The Kier molecular flexibility index (Phi) is 25.6. The molecule has 0 aliphatic heterocycles. The molecule has 0 saturated heterocycles. The van der Waals surface area contributed by atoms with E-state index in [4.69, 9.17) is 5.73 Å². The summed E-state index contributed by atoms with van der Waals surface area (Å²) in [6.45, 7) is 2.29. The largest absolute Gasteiger partial charge is 0.370 e. The van der Waals surface area contributed by atoms with Crippen molar-refractivity contribution < 1.29 is 4.79 Å². The van der Waals surface area contributed by atoms with Crippen LogP contribution in [0, 0.1) is 0 Å². The molecule has 0 bridgehead atoms. The van der Waals surface area contributed by atoms with Crippen LogP contribution in [-0.4, -0.2) is 5.91 Å². The van der Waals surface area contributed by atoms with Gasteiger partial charge in [-0.05, 0) is 6.42 Å². The van der Waals surface area contributed by atoms with E-state index in [9.17, 15) is 4.79 Å². The van der Waals surface area contributed by atoms with Gasteiger partial charge in [-0.2, -0.15) is 0 Å². The number of carbonyl (C=O) groups excluding carboxylic acids is 1. The summed E-state index contributed by atoms with van der Waals surface area (Å²) in [6, 6.07) is 0. The third kappa shape index (κ3) is 26.1. The van der Waals surface area contributed by atoms with Crippen LogP contribution < -0.4 is 5.73 Å². The van der Waals surface area contributed by atoms with Gasteiger partial charge in [0.2, 0.25) is 5.91 Å². The van der Waals surface area contributed by atoms with E-state index in [0.717, 1.165) is 6.42 Å². The lowest BCUT2D eigenvalue weighted by atomic mass is 10.0. The van der Waals surface area contributed by atoms with Crippen LogP contribution in [-0.2, 0) is 4.79 Å². The van der Waals surface area contributed by atoms with Crippen molar-refractivity contribution in [1.29, 1.82) is 0 Å². The van der Waals surface area contributed by atoms with E-state index in [2.05, 4.69) is 6.92 Å². The molecular formula is C22H46ClNO. The summed E-state index contributed by atoms with van der Waals surface area (Å²) < 4.78 is 0. The van der Waals surface area contributed by atoms with Gasteiger partial charge >= 0.3 is 0 Å². The number of halogens is 1. The Hall–Kier alpha value is -0.240. The van der Waals surface area contributed by atoms with Crippen LogP contribution in [0.15, 0.2) is 0 Å². The highest BCUT2D eigenvalue weighted by atomic mass is 35.5. The zero-order valence-electron chi connectivity index (χ0n) is 17.0. The summed E-state index contributed by atoms with van der Waals surface area (Å²) in [4.78, 5) is 10.6. The van der Waals surface area contributed by atoms with Crippen molar-refractivity contribution in [3.63, 3.8) is 0 Å². The summed E-state index contributed by atoms with van der Waals surface area (Å²) in [6.07, 6.45) is 26.8. The zero-order chi connectivity index (χ0) is 17.7. The van der Waals surface area contributed by atoms with E-state index in [0.29, 0.717) is 6.42 Å². The Morgan fingerprint density at radius 3 is 1.00 bits per heavy atom. The maximum absolute atomic E-state index is 10.6. The Morgan fingerprint density at radius 2 is 0.760 bits per heavy atom. The fraction of sp³-hybridized carbons (Fsp3) is 0.955. The molecule has 0 heterocycles. The normalized spacial score (nSPS) is 10.6. The number of hydrogen-bond donors (Lipinski definition) is 1. The Balaban J connectivity index is 0. The first kappa shape index (κ1) is 27.0. The predicted octanol–water partition coefficient (Wildman–Crippen LogP) is 7.72. The van der Waals surface area contributed by atoms with Gasteiger partial charge < -0.3 is 5.73 Å². The first-order valence-corrected chi connectivity index (χ1v) is 11.1. The van der Waals surface area contributed by atoms with Crippen LogP contribution in [0.2, 0.25) is 0 Å². The summed E-state index contributed by atoms with van der Waals surface area (Å²) in [5, 5.41) is 0. The smallest absolute Gasteiger partial charge is 0.217 e. The van der Waals surface area contributed by atoms with Gasteiger partial charge in [0, 0.05) is 6.42 Å². The highest BCUT2D eigenvalue weighted by molar-refractivity contribution is 5.85. The van der Waals surface area contributed by atoms with Gasteiger partial charge in [-0.25, -0.2) is 0 Å². The number of primary amides is 1. The van der Waals surface area contributed by atoms with Crippen LogP contribution >= 0.6 is 12.4 Å². The maximum atomic E-state index is 10.6. The second-order valence-corrected chi connectivity index (χ2v) is 7.58. The Morgan fingerprint density at radius 1 is 0.520 bits per heavy atom. The third-order valence-electron chi connectivity index (χ3n) is 5.03. The molecule has 0 rings (SSSR count). The van der Waals surface area contributed by atoms with Gasteiger partial charge in [0.05, 0.1) is 0 Å². The molecule has 0 fully saturated rings. The molecule has 0 aromatic rings. The lowest BCUT2D eigenvalue weighted by Crippen LogP contribution is -2.09. The summed E-state index contributed by atoms with van der Waals surface area (Å²) in [5.41, 5.74) is 5.13. The van der Waals surface area contributed by atoms with Crippen molar-refractivity contribution in [1.82, 2.24) is 0 Å². The van der Waals surface area contributed by atoms with Gasteiger partial charge in [0.1, 0.15) is 0 Å².